The van der Waals surface area contributed by atoms with Gasteiger partial charge in [-0.15, -0.1) is 0 Å². The molecular formula is C14H13F2O5PS2. The SMILES string of the molecule is O=[PH](OC[S@@+]([O-])c1cccc(F)c1)OC[S@@+]([O-])c1cccc(F)c1. The number of halogens is 2. The summed E-state index contributed by atoms with van der Waals surface area (Å²) < 4.78 is 70.9. The molecule has 0 radical (unpaired) electrons. The molecule has 2 atom stereocenters. The number of hydrogen-bond donors (Lipinski definition) is 0. The van der Waals surface area contributed by atoms with Crippen molar-refractivity contribution >= 4 is 30.6 Å². The fourth-order valence-corrected chi connectivity index (χ4v) is 4.53. The van der Waals surface area contributed by atoms with Crippen LogP contribution >= 0.6 is 8.25 Å². The third-order valence-electron chi connectivity index (χ3n) is 2.69. The maximum absolute atomic E-state index is 13.0. The monoisotopic (exact) mass is 394 g/mol. The van der Waals surface area contributed by atoms with Gasteiger partial charge in [0.1, 0.15) is 11.6 Å². The zero-order valence-electron chi connectivity index (χ0n) is 12.1. The molecule has 0 spiro atoms. The minimum Gasteiger partial charge on any atom is -0.610 e. The Kier molecular flexibility index (Phi) is 7.70. The van der Waals surface area contributed by atoms with Crippen LogP contribution in [0, 0.1) is 11.6 Å². The number of rotatable bonds is 8. The van der Waals surface area contributed by atoms with Gasteiger partial charge in [-0.25, -0.2) is 8.78 Å². The first-order valence-corrected chi connectivity index (χ1v) is 10.4. The van der Waals surface area contributed by atoms with Gasteiger partial charge in [-0.05, 0) is 24.3 Å². The zero-order chi connectivity index (χ0) is 17.5. The van der Waals surface area contributed by atoms with Crippen LogP contribution in [0.4, 0.5) is 8.78 Å². The maximum atomic E-state index is 13.0. The summed E-state index contributed by atoms with van der Waals surface area (Å²) in [6, 6.07) is 10.2. The van der Waals surface area contributed by atoms with Gasteiger partial charge in [-0.1, -0.05) is 12.1 Å². The van der Waals surface area contributed by atoms with Crippen molar-refractivity contribution in [2.75, 3.05) is 11.9 Å². The quantitative estimate of drug-likeness (QED) is 0.507. The number of hydrogen-bond acceptors (Lipinski definition) is 5. The van der Waals surface area contributed by atoms with Crippen LogP contribution in [0.1, 0.15) is 0 Å². The Morgan fingerprint density at radius 1 is 0.875 bits per heavy atom. The van der Waals surface area contributed by atoms with Crippen molar-refractivity contribution in [3.05, 3.63) is 60.2 Å². The summed E-state index contributed by atoms with van der Waals surface area (Å²) in [5.41, 5.74) is 0. The molecule has 24 heavy (non-hydrogen) atoms. The molecule has 2 aromatic carbocycles. The molecule has 2 rings (SSSR count). The lowest BCUT2D eigenvalue weighted by molar-refractivity contribution is 0.275. The summed E-state index contributed by atoms with van der Waals surface area (Å²) in [6.07, 6.45) is 0. The molecule has 0 N–H and O–H groups in total. The molecule has 0 saturated carbocycles. The van der Waals surface area contributed by atoms with Crippen molar-refractivity contribution in [2.24, 2.45) is 0 Å². The van der Waals surface area contributed by atoms with Gasteiger partial charge in [0.15, 0.2) is 9.79 Å². The van der Waals surface area contributed by atoms with Crippen LogP contribution in [0.5, 0.6) is 0 Å². The second-order valence-corrected chi connectivity index (χ2v) is 8.25. The van der Waals surface area contributed by atoms with Gasteiger partial charge in [-0.3, -0.25) is 13.6 Å². The van der Waals surface area contributed by atoms with Crippen LogP contribution < -0.4 is 0 Å². The second-order valence-electron chi connectivity index (χ2n) is 4.38. The van der Waals surface area contributed by atoms with Crippen molar-refractivity contribution in [3.63, 3.8) is 0 Å². The van der Waals surface area contributed by atoms with E-state index in [1.807, 2.05) is 0 Å². The van der Waals surface area contributed by atoms with Crippen molar-refractivity contribution < 1.29 is 31.5 Å². The third kappa shape index (κ3) is 6.18. The van der Waals surface area contributed by atoms with E-state index in [1.54, 1.807) is 0 Å². The van der Waals surface area contributed by atoms with Gasteiger partial charge >= 0.3 is 8.25 Å². The van der Waals surface area contributed by atoms with Gasteiger partial charge in [0.25, 0.3) is 0 Å². The topological polar surface area (TPSA) is 81.7 Å². The molecule has 0 aliphatic rings. The van der Waals surface area contributed by atoms with Crippen LogP contribution in [0.15, 0.2) is 58.3 Å². The van der Waals surface area contributed by atoms with Crippen LogP contribution in [-0.4, -0.2) is 21.0 Å². The molecule has 0 amide bonds. The van der Waals surface area contributed by atoms with Gasteiger partial charge in [0.2, 0.25) is 11.9 Å². The summed E-state index contributed by atoms with van der Waals surface area (Å²) in [4.78, 5) is 0.376. The smallest absolute Gasteiger partial charge is 0.326 e. The Labute approximate surface area is 144 Å². The molecule has 10 heteroatoms. The van der Waals surface area contributed by atoms with E-state index in [4.69, 9.17) is 9.05 Å². The first kappa shape index (κ1) is 19.4. The molecule has 0 unspecified atom stereocenters. The Bertz CT molecular complexity index is 649. The summed E-state index contributed by atoms with van der Waals surface area (Å²) in [5.74, 6) is -1.99. The minimum atomic E-state index is -3.04. The Morgan fingerprint density at radius 3 is 1.67 bits per heavy atom. The van der Waals surface area contributed by atoms with E-state index in [-0.39, 0.29) is 9.79 Å². The van der Waals surface area contributed by atoms with E-state index in [1.165, 1.54) is 36.4 Å². The van der Waals surface area contributed by atoms with E-state index in [0.717, 1.165) is 12.1 Å². The molecule has 0 heterocycles. The highest BCUT2D eigenvalue weighted by atomic mass is 32.2. The summed E-state index contributed by atoms with van der Waals surface area (Å²) in [7, 11) is -3.04. The van der Waals surface area contributed by atoms with Gasteiger partial charge in [-0.2, -0.15) is 0 Å². The molecule has 0 aliphatic heterocycles. The average Bonchev–Trinajstić information content (AvgIpc) is 2.57. The van der Waals surface area contributed by atoms with Crippen molar-refractivity contribution in [2.45, 2.75) is 9.79 Å². The first-order chi connectivity index (χ1) is 11.5. The number of benzene rings is 2. The fourth-order valence-electron chi connectivity index (χ4n) is 1.60. The van der Waals surface area contributed by atoms with Gasteiger partial charge in [0, 0.05) is 34.5 Å². The van der Waals surface area contributed by atoms with E-state index in [2.05, 4.69) is 0 Å². The van der Waals surface area contributed by atoms with E-state index in [0.29, 0.717) is 0 Å². The molecule has 130 valence electrons. The molecular weight excluding hydrogens is 381 g/mol. The predicted octanol–water partition coefficient (Wildman–Crippen LogP) is 3.22. The summed E-state index contributed by atoms with van der Waals surface area (Å²) >= 11 is -3.42. The highest BCUT2D eigenvalue weighted by Gasteiger charge is 2.17. The van der Waals surface area contributed by atoms with E-state index >= 15 is 0 Å². The Balaban J connectivity index is 1.77. The summed E-state index contributed by atoms with van der Waals surface area (Å²) in [6.45, 7) is 0. The van der Waals surface area contributed by atoms with Crippen molar-refractivity contribution in [1.82, 2.24) is 0 Å². The minimum absolute atomic E-state index is 0.188. The van der Waals surface area contributed by atoms with Crippen LogP contribution in [0.2, 0.25) is 0 Å². The van der Waals surface area contributed by atoms with Crippen LogP contribution in [0.3, 0.4) is 0 Å². The second kappa shape index (κ2) is 9.53. The highest BCUT2D eigenvalue weighted by Crippen LogP contribution is 2.27. The lowest BCUT2D eigenvalue weighted by atomic mass is 10.4. The Morgan fingerprint density at radius 2 is 1.29 bits per heavy atom. The first-order valence-electron chi connectivity index (χ1n) is 6.53. The normalized spacial score (nSPS) is 13.9. The molecule has 0 aliphatic carbocycles. The molecule has 0 aromatic heterocycles. The third-order valence-corrected chi connectivity index (χ3v) is 6.09. The van der Waals surface area contributed by atoms with Crippen LogP contribution in [-0.2, 0) is 36.0 Å². The molecule has 0 fully saturated rings. The van der Waals surface area contributed by atoms with Crippen molar-refractivity contribution in [1.29, 1.82) is 0 Å². The standard InChI is InChI=1S/C14H13F2O5PS2/c15-11-3-1-5-13(7-11)23(18)9-20-22(17)21-10-24(19)14-6-2-4-12(16)8-14/h1-8,22H,9-10H2/t23-,24-/m1/s1. The van der Waals surface area contributed by atoms with Crippen molar-refractivity contribution in [3.8, 4) is 0 Å². The van der Waals surface area contributed by atoms with E-state index in [9.17, 15) is 22.5 Å². The summed E-state index contributed by atoms with van der Waals surface area (Å²) in [5, 5.41) is 0. The lowest BCUT2D eigenvalue weighted by Gasteiger charge is -2.12. The zero-order valence-corrected chi connectivity index (χ0v) is 14.8. The largest absolute Gasteiger partial charge is 0.610 e. The lowest BCUT2D eigenvalue weighted by Crippen LogP contribution is -2.10. The molecule has 2 aromatic rings. The molecule has 5 nitrogen and oxygen atoms in total. The van der Waals surface area contributed by atoms with E-state index < -0.39 is 54.1 Å². The average molecular weight is 394 g/mol. The Hall–Kier alpha value is -0.930. The van der Waals surface area contributed by atoms with Crippen LogP contribution in [0.25, 0.3) is 0 Å². The fraction of sp³-hybridized carbons (Fsp3) is 0.143. The maximum Gasteiger partial charge on any atom is 0.326 e. The van der Waals surface area contributed by atoms with Gasteiger partial charge < -0.3 is 9.11 Å². The highest BCUT2D eigenvalue weighted by molar-refractivity contribution is 7.91. The van der Waals surface area contributed by atoms with Gasteiger partial charge in [0.05, 0.1) is 0 Å². The molecule has 0 saturated heterocycles. The predicted molar refractivity (Wildman–Crippen MR) is 86.5 cm³/mol. The molecule has 0 bridgehead atoms.